The van der Waals surface area contributed by atoms with Crippen LogP contribution in [-0.4, -0.2) is 46.0 Å². The number of carbonyl (C=O) groups excluding carboxylic acids is 2. The third-order valence-electron chi connectivity index (χ3n) is 4.44. The maximum Gasteiger partial charge on any atom is 0.246 e. The maximum absolute atomic E-state index is 12.5. The lowest BCUT2D eigenvalue weighted by Crippen LogP contribution is -2.57. The molecule has 1 aliphatic heterocycles. The Kier molecular flexibility index (Phi) is 5.38. The van der Waals surface area contributed by atoms with Gasteiger partial charge in [-0.1, -0.05) is 17.7 Å². The summed E-state index contributed by atoms with van der Waals surface area (Å²) in [7, 11) is 0. The highest BCUT2D eigenvalue weighted by Crippen LogP contribution is 2.23. The summed E-state index contributed by atoms with van der Waals surface area (Å²) in [6.07, 6.45) is 5.57. The van der Waals surface area contributed by atoms with Gasteiger partial charge in [0.05, 0.1) is 6.20 Å². The molecule has 2 heterocycles. The number of hydrogen-bond acceptors (Lipinski definition) is 3. The van der Waals surface area contributed by atoms with Crippen molar-refractivity contribution < 1.29 is 9.59 Å². The number of aromatic nitrogens is 2. The summed E-state index contributed by atoms with van der Waals surface area (Å²) in [6, 6.07) is 7.20. The van der Waals surface area contributed by atoms with Crippen LogP contribution in [0.5, 0.6) is 0 Å². The van der Waals surface area contributed by atoms with Crippen molar-refractivity contribution in [3.05, 3.63) is 47.2 Å². The Morgan fingerprint density at radius 3 is 3.00 bits per heavy atom. The molecule has 0 bridgehead atoms. The SMILES string of the molecule is C[C@H]1CN(c2cccc(Cl)c2)C(=O)CN1C(=O)CCCc1cn[nH]c1. The summed E-state index contributed by atoms with van der Waals surface area (Å²) in [6.45, 7) is 2.56. The molecule has 2 aromatic rings. The van der Waals surface area contributed by atoms with Crippen LogP contribution in [0.2, 0.25) is 5.02 Å². The maximum atomic E-state index is 12.5. The Bertz CT molecular complexity index is 747. The third-order valence-corrected chi connectivity index (χ3v) is 4.67. The fourth-order valence-electron chi connectivity index (χ4n) is 3.08. The van der Waals surface area contributed by atoms with Gasteiger partial charge in [0.1, 0.15) is 6.54 Å². The molecule has 1 aromatic carbocycles. The Morgan fingerprint density at radius 2 is 2.28 bits per heavy atom. The molecule has 7 heteroatoms. The Balaban J connectivity index is 1.57. The number of nitrogens with one attached hydrogen (secondary N) is 1. The zero-order chi connectivity index (χ0) is 17.8. The molecule has 6 nitrogen and oxygen atoms in total. The molecule has 3 rings (SSSR count). The molecule has 2 amide bonds. The molecule has 0 saturated carbocycles. The zero-order valence-corrected chi connectivity index (χ0v) is 14.9. The van der Waals surface area contributed by atoms with E-state index in [1.54, 1.807) is 28.1 Å². The van der Waals surface area contributed by atoms with E-state index in [0.717, 1.165) is 24.1 Å². The highest BCUT2D eigenvalue weighted by Gasteiger charge is 2.32. The van der Waals surface area contributed by atoms with Gasteiger partial charge in [-0.25, -0.2) is 0 Å². The number of piperazine rings is 1. The summed E-state index contributed by atoms with van der Waals surface area (Å²) in [5.74, 6) is -0.0568. The summed E-state index contributed by atoms with van der Waals surface area (Å²) in [5.41, 5.74) is 1.86. The molecule has 0 radical (unpaired) electrons. The molecule has 1 aliphatic rings. The highest BCUT2D eigenvalue weighted by atomic mass is 35.5. The fraction of sp³-hybridized carbons (Fsp3) is 0.389. The normalized spacial score (nSPS) is 17.8. The van der Waals surface area contributed by atoms with Crippen LogP contribution < -0.4 is 4.90 Å². The van der Waals surface area contributed by atoms with Crippen LogP contribution in [0.15, 0.2) is 36.7 Å². The number of aryl methyl sites for hydroxylation is 1. The average molecular weight is 361 g/mol. The minimum absolute atomic E-state index is 0.0232. The van der Waals surface area contributed by atoms with Gasteiger partial charge in [0.25, 0.3) is 0 Å². The predicted molar refractivity (Wildman–Crippen MR) is 96.5 cm³/mol. The number of aromatic amines is 1. The molecule has 1 fully saturated rings. The van der Waals surface area contributed by atoms with Crippen LogP contribution in [0, 0.1) is 0 Å². The molecule has 132 valence electrons. The van der Waals surface area contributed by atoms with Gasteiger partial charge in [0.15, 0.2) is 0 Å². The second-order valence-electron chi connectivity index (χ2n) is 6.31. The summed E-state index contributed by atoms with van der Waals surface area (Å²) in [5, 5.41) is 7.25. The molecular weight excluding hydrogens is 340 g/mol. The van der Waals surface area contributed by atoms with Gasteiger partial charge in [-0.3, -0.25) is 14.7 Å². The molecule has 0 aliphatic carbocycles. The summed E-state index contributed by atoms with van der Waals surface area (Å²) < 4.78 is 0. The van der Waals surface area contributed by atoms with Gasteiger partial charge in [0.2, 0.25) is 11.8 Å². The topological polar surface area (TPSA) is 69.3 Å². The molecule has 25 heavy (non-hydrogen) atoms. The second kappa shape index (κ2) is 7.70. The van der Waals surface area contributed by atoms with Crippen LogP contribution in [0.1, 0.15) is 25.3 Å². The number of nitrogens with zero attached hydrogens (tertiary/aromatic N) is 3. The van der Waals surface area contributed by atoms with Crippen molar-refractivity contribution in [2.24, 2.45) is 0 Å². The largest absolute Gasteiger partial charge is 0.329 e. The van der Waals surface area contributed by atoms with E-state index in [9.17, 15) is 9.59 Å². The van der Waals surface area contributed by atoms with Crippen LogP contribution in [-0.2, 0) is 16.0 Å². The first-order valence-electron chi connectivity index (χ1n) is 8.37. The lowest BCUT2D eigenvalue weighted by molar-refractivity contribution is -0.139. The molecule has 1 saturated heterocycles. The third kappa shape index (κ3) is 4.20. The van der Waals surface area contributed by atoms with Crippen molar-refractivity contribution in [2.45, 2.75) is 32.2 Å². The Hall–Kier alpha value is -2.34. The number of rotatable bonds is 5. The van der Waals surface area contributed by atoms with Crippen molar-refractivity contribution in [1.29, 1.82) is 0 Å². The van der Waals surface area contributed by atoms with E-state index in [2.05, 4.69) is 10.2 Å². The quantitative estimate of drug-likeness (QED) is 0.891. The van der Waals surface area contributed by atoms with E-state index in [-0.39, 0.29) is 24.4 Å². The van der Waals surface area contributed by atoms with Crippen molar-refractivity contribution in [2.75, 3.05) is 18.0 Å². The first kappa shape index (κ1) is 17.5. The van der Waals surface area contributed by atoms with E-state index >= 15 is 0 Å². The number of H-pyrrole nitrogens is 1. The van der Waals surface area contributed by atoms with Crippen LogP contribution >= 0.6 is 11.6 Å². The van der Waals surface area contributed by atoms with Gasteiger partial charge < -0.3 is 9.80 Å². The molecular formula is C18H21ClN4O2. The lowest BCUT2D eigenvalue weighted by atomic mass is 10.1. The summed E-state index contributed by atoms with van der Waals surface area (Å²) in [4.78, 5) is 28.4. The minimum atomic E-state index is -0.0800. The number of amides is 2. The molecule has 1 atom stereocenters. The van der Waals surface area contributed by atoms with Gasteiger partial charge >= 0.3 is 0 Å². The first-order valence-corrected chi connectivity index (χ1v) is 8.75. The smallest absolute Gasteiger partial charge is 0.246 e. The number of anilines is 1. The Labute approximate surface area is 151 Å². The van der Waals surface area contributed by atoms with Crippen LogP contribution in [0.4, 0.5) is 5.69 Å². The van der Waals surface area contributed by atoms with Gasteiger partial charge in [-0.15, -0.1) is 0 Å². The number of benzene rings is 1. The molecule has 1 N–H and O–H groups in total. The van der Waals surface area contributed by atoms with Crippen molar-refractivity contribution in [3.8, 4) is 0 Å². The van der Waals surface area contributed by atoms with Gasteiger partial charge in [0, 0.05) is 35.9 Å². The zero-order valence-electron chi connectivity index (χ0n) is 14.1. The monoisotopic (exact) mass is 360 g/mol. The van der Waals surface area contributed by atoms with Crippen LogP contribution in [0.25, 0.3) is 0 Å². The summed E-state index contributed by atoms with van der Waals surface area (Å²) >= 11 is 6.02. The minimum Gasteiger partial charge on any atom is -0.329 e. The average Bonchev–Trinajstić information content (AvgIpc) is 3.10. The highest BCUT2D eigenvalue weighted by molar-refractivity contribution is 6.30. The number of halogens is 1. The second-order valence-corrected chi connectivity index (χ2v) is 6.75. The number of hydrogen-bond donors (Lipinski definition) is 1. The Morgan fingerprint density at radius 1 is 1.44 bits per heavy atom. The fourth-order valence-corrected chi connectivity index (χ4v) is 3.27. The molecule has 0 spiro atoms. The van der Waals surface area contributed by atoms with E-state index in [1.807, 2.05) is 25.3 Å². The van der Waals surface area contributed by atoms with E-state index in [1.165, 1.54) is 0 Å². The van der Waals surface area contributed by atoms with Crippen molar-refractivity contribution >= 4 is 29.1 Å². The standard InChI is InChI=1S/C18H21ClN4O2/c1-13-11-23(16-6-3-5-15(19)8-16)18(25)12-22(13)17(24)7-2-4-14-9-20-21-10-14/h3,5-6,8-10,13H,2,4,7,11-12H2,1H3,(H,20,21)/t13-/m0/s1. The van der Waals surface area contributed by atoms with E-state index < -0.39 is 0 Å². The van der Waals surface area contributed by atoms with Crippen molar-refractivity contribution in [1.82, 2.24) is 15.1 Å². The van der Waals surface area contributed by atoms with E-state index in [0.29, 0.717) is 18.0 Å². The van der Waals surface area contributed by atoms with Crippen LogP contribution in [0.3, 0.4) is 0 Å². The van der Waals surface area contributed by atoms with Crippen molar-refractivity contribution in [3.63, 3.8) is 0 Å². The van der Waals surface area contributed by atoms with Gasteiger partial charge in [-0.2, -0.15) is 5.10 Å². The molecule has 1 aromatic heterocycles. The van der Waals surface area contributed by atoms with E-state index in [4.69, 9.17) is 11.6 Å². The van der Waals surface area contributed by atoms with Gasteiger partial charge in [-0.05, 0) is 43.5 Å². The predicted octanol–water partition coefficient (Wildman–Crippen LogP) is 2.65. The molecule has 0 unspecified atom stereocenters. The first-order chi connectivity index (χ1) is 12.0. The lowest BCUT2D eigenvalue weighted by Gasteiger charge is -2.39. The number of carbonyl (C=O) groups is 2.